The minimum atomic E-state index is -0.221. The van der Waals surface area contributed by atoms with E-state index < -0.39 is 0 Å². The normalized spacial score (nSPS) is 13.7. The average Bonchev–Trinajstić information content (AvgIpc) is 3.09. The number of amides is 2. The van der Waals surface area contributed by atoms with Crippen LogP contribution in [0, 0.1) is 0 Å². The van der Waals surface area contributed by atoms with E-state index in [1.54, 1.807) is 12.1 Å². The Labute approximate surface area is 224 Å². The molecule has 2 amide bonds. The summed E-state index contributed by atoms with van der Waals surface area (Å²) in [5, 5.41) is 2.97. The molecule has 0 radical (unpaired) electrons. The molecule has 0 spiro atoms. The van der Waals surface area contributed by atoms with Gasteiger partial charge in [-0.1, -0.05) is 25.0 Å². The summed E-state index contributed by atoms with van der Waals surface area (Å²) in [4.78, 5) is 32.6. The maximum Gasteiger partial charge on any atom is 0.251 e. The van der Waals surface area contributed by atoms with Crippen LogP contribution in [0.25, 0.3) is 11.0 Å². The molecule has 0 aliphatic carbocycles. The largest absolute Gasteiger partial charge is 0.493 e. The van der Waals surface area contributed by atoms with Crippen molar-refractivity contribution in [2.24, 2.45) is 0 Å². The molecule has 204 valence electrons. The average molecular weight is 523 g/mol. The standard InChI is InChI=1S/C29H38N4O5/c1-36-24-19-21(20-25(37-2)28(24)38-3)29(35)30-15-10-13-26-31-22-11-6-7-12-23(22)33(26)18-14-27(34)32-16-8-4-5-9-17-32/h6-7,11-12,19-20H,4-5,8-10,13-18H2,1-3H3,(H,30,35). The molecule has 0 saturated carbocycles. The number of methoxy groups -OCH3 is 3. The number of aryl methyl sites for hydroxylation is 2. The molecule has 1 aliphatic rings. The van der Waals surface area contributed by atoms with Crippen molar-refractivity contribution in [1.29, 1.82) is 0 Å². The molecule has 1 fully saturated rings. The maximum atomic E-state index is 12.9. The maximum absolute atomic E-state index is 12.9. The number of hydrogen-bond acceptors (Lipinski definition) is 6. The highest BCUT2D eigenvalue weighted by atomic mass is 16.5. The molecule has 2 heterocycles. The number of hydrogen-bond donors (Lipinski definition) is 1. The van der Waals surface area contributed by atoms with Crippen LogP contribution >= 0.6 is 0 Å². The van der Waals surface area contributed by atoms with Crippen molar-refractivity contribution >= 4 is 22.8 Å². The number of carbonyl (C=O) groups excluding carboxylic acids is 2. The van der Waals surface area contributed by atoms with Crippen LogP contribution in [0.2, 0.25) is 0 Å². The van der Waals surface area contributed by atoms with Gasteiger partial charge in [0.15, 0.2) is 11.5 Å². The number of benzene rings is 2. The topological polar surface area (TPSA) is 94.9 Å². The Hall–Kier alpha value is -3.75. The molecule has 1 N–H and O–H groups in total. The number of nitrogens with zero attached hydrogens (tertiary/aromatic N) is 3. The number of likely N-dealkylation sites (tertiary alicyclic amines) is 1. The molecule has 1 aliphatic heterocycles. The monoisotopic (exact) mass is 522 g/mol. The highest BCUT2D eigenvalue weighted by molar-refractivity contribution is 5.95. The second-order valence-corrected chi connectivity index (χ2v) is 9.49. The Morgan fingerprint density at radius 2 is 1.63 bits per heavy atom. The Morgan fingerprint density at radius 3 is 2.29 bits per heavy atom. The number of nitrogens with one attached hydrogen (secondary N) is 1. The number of ether oxygens (including phenoxy) is 3. The summed E-state index contributed by atoms with van der Waals surface area (Å²) in [6, 6.07) is 11.3. The van der Waals surface area contributed by atoms with Gasteiger partial charge >= 0.3 is 0 Å². The van der Waals surface area contributed by atoms with Crippen LogP contribution in [-0.2, 0) is 17.8 Å². The van der Waals surface area contributed by atoms with Crippen LogP contribution in [0.15, 0.2) is 36.4 Å². The molecule has 0 unspecified atom stereocenters. The summed E-state index contributed by atoms with van der Waals surface area (Å²) < 4.78 is 18.2. The fraction of sp³-hybridized carbons (Fsp3) is 0.483. The van der Waals surface area contributed by atoms with Gasteiger partial charge in [0.05, 0.1) is 32.4 Å². The van der Waals surface area contributed by atoms with Crippen LogP contribution in [0.1, 0.15) is 54.7 Å². The molecule has 0 bridgehead atoms. The minimum absolute atomic E-state index is 0.216. The van der Waals surface area contributed by atoms with Crippen molar-refractivity contribution in [3.05, 3.63) is 47.8 Å². The number of para-hydroxylation sites is 2. The van der Waals surface area contributed by atoms with Gasteiger partial charge in [-0.05, 0) is 43.5 Å². The Balaban J connectivity index is 1.38. The van der Waals surface area contributed by atoms with Crippen LogP contribution in [0.3, 0.4) is 0 Å². The zero-order valence-electron chi connectivity index (χ0n) is 22.6. The van der Waals surface area contributed by atoms with Crippen LogP contribution < -0.4 is 19.5 Å². The predicted octanol–water partition coefficient (Wildman–Crippen LogP) is 4.22. The van der Waals surface area contributed by atoms with Crippen molar-refractivity contribution in [3.8, 4) is 17.2 Å². The molecule has 1 saturated heterocycles. The quantitative estimate of drug-likeness (QED) is 0.379. The molecule has 9 nitrogen and oxygen atoms in total. The van der Waals surface area contributed by atoms with E-state index in [0.717, 1.165) is 42.8 Å². The molecule has 2 aromatic carbocycles. The summed E-state index contributed by atoms with van der Waals surface area (Å²) in [5.41, 5.74) is 2.39. The van der Waals surface area contributed by atoms with E-state index in [0.29, 0.717) is 55.2 Å². The Morgan fingerprint density at radius 1 is 0.947 bits per heavy atom. The first-order valence-electron chi connectivity index (χ1n) is 13.4. The van der Waals surface area contributed by atoms with E-state index in [2.05, 4.69) is 16.0 Å². The van der Waals surface area contributed by atoms with Gasteiger partial charge in [-0.3, -0.25) is 9.59 Å². The summed E-state index contributed by atoms with van der Waals surface area (Å²) in [5.74, 6) is 2.23. The second-order valence-electron chi connectivity index (χ2n) is 9.49. The van der Waals surface area contributed by atoms with E-state index in [-0.39, 0.29) is 11.8 Å². The van der Waals surface area contributed by atoms with Crippen molar-refractivity contribution in [2.75, 3.05) is 41.0 Å². The van der Waals surface area contributed by atoms with Gasteiger partial charge < -0.3 is 29.0 Å². The lowest BCUT2D eigenvalue weighted by Gasteiger charge is -2.20. The number of aromatic nitrogens is 2. The summed E-state index contributed by atoms with van der Waals surface area (Å²) in [7, 11) is 4.57. The third-order valence-electron chi connectivity index (χ3n) is 7.03. The van der Waals surface area contributed by atoms with Gasteiger partial charge in [0.25, 0.3) is 5.91 Å². The Bertz CT molecular complexity index is 1220. The number of carbonyl (C=O) groups is 2. The van der Waals surface area contributed by atoms with Gasteiger partial charge in [-0.2, -0.15) is 0 Å². The smallest absolute Gasteiger partial charge is 0.251 e. The lowest BCUT2D eigenvalue weighted by atomic mass is 10.1. The van der Waals surface area contributed by atoms with Gasteiger partial charge in [-0.15, -0.1) is 0 Å². The fourth-order valence-electron chi connectivity index (χ4n) is 5.01. The SMILES string of the molecule is COc1cc(C(=O)NCCCc2nc3ccccc3n2CCC(=O)N2CCCCCC2)cc(OC)c1OC. The third kappa shape index (κ3) is 6.38. The van der Waals surface area contributed by atoms with Crippen molar-refractivity contribution in [3.63, 3.8) is 0 Å². The summed E-state index contributed by atoms with van der Waals surface area (Å²) in [6.07, 6.45) is 6.44. The van der Waals surface area contributed by atoms with Gasteiger partial charge in [-0.25, -0.2) is 4.98 Å². The number of fused-ring (bicyclic) bond motifs is 1. The van der Waals surface area contributed by atoms with E-state index in [9.17, 15) is 9.59 Å². The van der Waals surface area contributed by atoms with Gasteiger partial charge in [0.1, 0.15) is 5.82 Å². The first-order chi connectivity index (χ1) is 18.5. The van der Waals surface area contributed by atoms with E-state index in [1.807, 2.05) is 23.1 Å². The molecule has 0 atom stereocenters. The zero-order valence-corrected chi connectivity index (χ0v) is 22.6. The van der Waals surface area contributed by atoms with E-state index in [1.165, 1.54) is 34.2 Å². The second kappa shape index (κ2) is 13.2. The Kier molecular flexibility index (Phi) is 9.46. The fourth-order valence-corrected chi connectivity index (χ4v) is 5.01. The lowest BCUT2D eigenvalue weighted by Crippen LogP contribution is -2.32. The van der Waals surface area contributed by atoms with Crippen molar-refractivity contribution < 1.29 is 23.8 Å². The molecule has 38 heavy (non-hydrogen) atoms. The summed E-state index contributed by atoms with van der Waals surface area (Å²) >= 11 is 0. The van der Waals surface area contributed by atoms with Crippen molar-refractivity contribution in [2.45, 2.75) is 51.5 Å². The molecule has 3 aromatic rings. The highest BCUT2D eigenvalue weighted by Crippen LogP contribution is 2.38. The van der Waals surface area contributed by atoms with Crippen molar-refractivity contribution in [1.82, 2.24) is 19.8 Å². The molecular weight excluding hydrogens is 484 g/mol. The van der Waals surface area contributed by atoms with Crippen LogP contribution in [0.4, 0.5) is 0 Å². The van der Waals surface area contributed by atoms with E-state index in [4.69, 9.17) is 19.2 Å². The van der Waals surface area contributed by atoms with Crippen LogP contribution in [0.5, 0.6) is 17.2 Å². The summed E-state index contributed by atoms with van der Waals surface area (Å²) in [6.45, 7) is 2.80. The number of imidazole rings is 1. The zero-order chi connectivity index (χ0) is 26.9. The minimum Gasteiger partial charge on any atom is -0.493 e. The molecule has 1 aromatic heterocycles. The third-order valence-corrected chi connectivity index (χ3v) is 7.03. The van der Waals surface area contributed by atoms with Gasteiger partial charge in [0.2, 0.25) is 11.7 Å². The first kappa shape index (κ1) is 27.3. The van der Waals surface area contributed by atoms with E-state index >= 15 is 0 Å². The highest BCUT2D eigenvalue weighted by Gasteiger charge is 2.19. The number of rotatable bonds is 11. The molecule has 4 rings (SSSR count). The lowest BCUT2D eigenvalue weighted by molar-refractivity contribution is -0.131. The van der Waals surface area contributed by atoms with Crippen LogP contribution in [-0.4, -0.2) is 67.2 Å². The molecular formula is C29H38N4O5. The first-order valence-corrected chi connectivity index (χ1v) is 13.4. The van der Waals surface area contributed by atoms with Gasteiger partial charge in [0, 0.05) is 44.6 Å². The molecule has 9 heteroatoms. The predicted molar refractivity (Wildman–Crippen MR) is 146 cm³/mol.